The number of hydrogen-bond donors (Lipinski definition) is 1. The second-order valence-corrected chi connectivity index (χ2v) is 9.92. The van der Waals surface area contributed by atoms with Crippen LogP contribution in [-0.2, 0) is 19.0 Å². The van der Waals surface area contributed by atoms with Crippen LogP contribution in [0.15, 0.2) is 61.2 Å². The van der Waals surface area contributed by atoms with Gasteiger partial charge in [0.1, 0.15) is 13.2 Å². The topological polar surface area (TPSA) is 73.9 Å². The number of carbonyl (C=O) groups is 2. The Labute approximate surface area is 216 Å². The number of hydrogen-bond acceptors (Lipinski definition) is 5. The summed E-state index contributed by atoms with van der Waals surface area (Å²) >= 11 is 0. The molecule has 4 rings (SSSR count). The second kappa shape index (κ2) is 11.7. The Kier molecular flexibility index (Phi) is 9.50. The molecule has 1 amide bonds. The van der Waals surface area contributed by atoms with Crippen LogP contribution in [0.3, 0.4) is 0 Å². The molecule has 0 spiro atoms. The number of alkyl carbamates (subject to hydrolysis) is 1. The van der Waals surface area contributed by atoms with E-state index in [9.17, 15) is 9.59 Å². The van der Waals surface area contributed by atoms with Crippen LogP contribution in [0.2, 0.25) is 0 Å². The summed E-state index contributed by atoms with van der Waals surface area (Å²) in [4.78, 5) is 26.2. The molecule has 0 bridgehead atoms. The van der Waals surface area contributed by atoms with E-state index in [4.69, 9.17) is 14.2 Å². The molecule has 0 aromatic heterocycles. The molecular formula is C30H41NO5. The van der Waals surface area contributed by atoms with Gasteiger partial charge in [0.25, 0.3) is 0 Å². The number of rotatable bonds is 7. The summed E-state index contributed by atoms with van der Waals surface area (Å²) in [7, 11) is 0. The molecule has 2 aromatic carbocycles. The minimum atomic E-state index is -1.29. The van der Waals surface area contributed by atoms with Gasteiger partial charge in [-0.15, -0.1) is 0 Å². The number of esters is 1. The fraction of sp³-hybridized carbons (Fsp3) is 0.467. The third-order valence-corrected chi connectivity index (χ3v) is 6.45. The van der Waals surface area contributed by atoms with E-state index in [1.165, 1.54) is 6.08 Å². The Morgan fingerprint density at radius 1 is 1.03 bits per heavy atom. The van der Waals surface area contributed by atoms with Crippen LogP contribution in [0.25, 0.3) is 11.1 Å². The van der Waals surface area contributed by atoms with Crippen LogP contribution >= 0.6 is 0 Å². The van der Waals surface area contributed by atoms with Gasteiger partial charge in [-0.1, -0.05) is 76.0 Å². The first-order valence-electron chi connectivity index (χ1n) is 11.8. The molecule has 0 aliphatic heterocycles. The maximum absolute atomic E-state index is 13.1. The first kappa shape index (κ1) is 29.1. The SMILES string of the molecule is C.C.C=CCOC(=O)[C@@]1(NC(=O)OCC2c3ccccc3-c3ccccc32)CCC[C@H]1OC(C)(C)C. The monoisotopic (exact) mass is 495 g/mol. The Hall–Kier alpha value is -3.12. The number of nitrogens with one attached hydrogen (secondary N) is 1. The van der Waals surface area contributed by atoms with Gasteiger partial charge in [0.2, 0.25) is 0 Å². The average molecular weight is 496 g/mol. The zero-order valence-corrected chi connectivity index (χ0v) is 20.1. The zero-order valence-electron chi connectivity index (χ0n) is 20.1. The number of carbonyl (C=O) groups excluding carboxylic acids is 2. The summed E-state index contributed by atoms with van der Waals surface area (Å²) in [6, 6.07) is 16.3. The molecule has 1 fully saturated rings. The Bertz CT molecular complexity index is 1030. The molecule has 0 heterocycles. The van der Waals surface area contributed by atoms with Crippen molar-refractivity contribution in [3.05, 3.63) is 72.3 Å². The summed E-state index contributed by atoms with van der Waals surface area (Å²) in [6.07, 6.45) is 2.14. The van der Waals surface area contributed by atoms with Crippen molar-refractivity contribution in [1.82, 2.24) is 5.32 Å². The quantitative estimate of drug-likeness (QED) is 0.345. The van der Waals surface area contributed by atoms with Crippen molar-refractivity contribution >= 4 is 12.1 Å². The molecule has 196 valence electrons. The third kappa shape index (κ3) is 5.81. The predicted molar refractivity (Wildman–Crippen MR) is 144 cm³/mol. The molecule has 36 heavy (non-hydrogen) atoms. The Morgan fingerprint density at radius 2 is 1.61 bits per heavy atom. The number of benzene rings is 2. The van der Waals surface area contributed by atoms with Crippen LogP contribution in [-0.4, -0.2) is 42.5 Å². The summed E-state index contributed by atoms with van der Waals surface area (Å²) in [5.41, 5.74) is 2.80. The lowest BCUT2D eigenvalue weighted by molar-refractivity contribution is -0.161. The lowest BCUT2D eigenvalue weighted by Gasteiger charge is -2.37. The number of fused-ring (bicyclic) bond motifs is 3. The predicted octanol–water partition coefficient (Wildman–Crippen LogP) is 6.63. The molecule has 2 atom stereocenters. The van der Waals surface area contributed by atoms with Gasteiger partial charge in [-0.25, -0.2) is 9.59 Å². The highest BCUT2D eigenvalue weighted by atomic mass is 16.6. The minimum absolute atomic E-state index is 0. The second-order valence-electron chi connectivity index (χ2n) is 9.92. The number of amides is 1. The van der Waals surface area contributed by atoms with E-state index < -0.39 is 29.3 Å². The van der Waals surface area contributed by atoms with Gasteiger partial charge in [0, 0.05) is 5.92 Å². The van der Waals surface area contributed by atoms with Crippen molar-refractivity contribution in [3.8, 4) is 11.1 Å². The van der Waals surface area contributed by atoms with Crippen molar-refractivity contribution in [1.29, 1.82) is 0 Å². The van der Waals surface area contributed by atoms with E-state index in [-0.39, 0.29) is 34.0 Å². The van der Waals surface area contributed by atoms with Crippen molar-refractivity contribution in [2.24, 2.45) is 0 Å². The summed E-state index contributed by atoms with van der Waals surface area (Å²) < 4.78 is 17.3. The first-order valence-corrected chi connectivity index (χ1v) is 11.8. The fourth-order valence-electron chi connectivity index (χ4n) is 5.07. The van der Waals surface area contributed by atoms with Crippen molar-refractivity contribution in [2.75, 3.05) is 13.2 Å². The maximum atomic E-state index is 13.1. The molecule has 1 N–H and O–H groups in total. The third-order valence-electron chi connectivity index (χ3n) is 6.45. The van der Waals surface area contributed by atoms with Gasteiger partial charge in [-0.05, 0) is 62.3 Å². The maximum Gasteiger partial charge on any atom is 0.408 e. The van der Waals surface area contributed by atoms with E-state index in [0.717, 1.165) is 28.7 Å². The van der Waals surface area contributed by atoms with Crippen LogP contribution in [0.5, 0.6) is 0 Å². The van der Waals surface area contributed by atoms with E-state index in [0.29, 0.717) is 12.8 Å². The Morgan fingerprint density at radius 3 is 2.17 bits per heavy atom. The van der Waals surface area contributed by atoms with Gasteiger partial charge >= 0.3 is 12.1 Å². The molecule has 0 radical (unpaired) electrons. The zero-order chi connectivity index (χ0) is 24.3. The van der Waals surface area contributed by atoms with Crippen LogP contribution in [0.4, 0.5) is 4.79 Å². The molecule has 0 unspecified atom stereocenters. The highest BCUT2D eigenvalue weighted by Gasteiger charge is 2.54. The van der Waals surface area contributed by atoms with Gasteiger partial charge in [0.15, 0.2) is 5.54 Å². The fourth-order valence-corrected chi connectivity index (χ4v) is 5.07. The van der Waals surface area contributed by atoms with E-state index in [2.05, 4.69) is 36.2 Å². The van der Waals surface area contributed by atoms with Gasteiger partial charge in [-0.2, -0.15) is 0 Å². The lowest BCUT2D eigenvalue weighted by atomic mass is 9.94. The van der Waals surface area contributed by atoms with E-state index in [1.54, 1.807) is 0 Å². The van der Waals surface area contributed by atoms with Crippen LogP contribution < -0.4 is 5.32 Å². The molecule has 2 aliphatic rings. The largest absolute Gasteiger partial charge is 0.460 e. The first-order chi connectivity index (χ1) is 16.2. The van der Waals surface area contributed by atoms with Crippen LogP contribution in [0.1, 0.15) is 71.9 Å². The van der Waals surface area contributed by atoms with Crippen molar-refractivity contribution in [2.45, 2.75) is 78.0 Å². The highest BCUT2D eigenvalue weighted by molar-refractivity contribution is 5.87. The minimum Gasteiger partial charge on any atom is -0.460 e. The highest BCUT2D eigenvalue weighted by Crippen LogP contribution is 2.44. The number of ether oxygens (including phenoxy) is 3. The van der Waals surface area contributed by atoms with Gasteiger partial charge < -0.3 is 19.5 Å². The molecule has 0 saturated heterocycles. The molecule has 6 heteroatoms. The Balaban J connectivity index is 0.00000228. The molecule has 2 aliphatic carbocycles. The lowest BCUT2D eigenvalue weighted by Crippen LogP contribution is -2.61. The van der Waals surface area contributed by atoms with E-state index in [1.807, 2.05) is 45.0 Å². The van der Waals surface area contributed by atoms with Crippen molar-refractivity contribution < 1.29 is 23.8 Å². The molecule has 6 nitrogen and oxygen atoms in total. The standard InChI is InChI=1S/C28H33NO5.2CH4/c1-5-17-32-25(30)28(16-10-15-24(28)34-27(2,3)4)29-26(31)33-18-23-21-13-8-6-11-19(21)20-12-7-9-14-22(20)23;;/h5-9,11-14,23-24H,1,10,15-18H2,2-4H3,(H,29,31);2*1H4/t24-,28-;;/m1../s1. The van der Waals surface area contributed by atoms with Gasteiger partial charge in [0.05, 0.1) is 11.7 Å². The van der Waals surface area contributed by atoms with Gasteiger partial charge in [-0.3, -0.25) is 0 Å². The average Bonchev–Trinajstić information content (AvgIpc) is 3.34. The normalized spacial score (nSPS) is 20.2. The molecular weight excluding hydrogens is 454 g/mol. The van der Waals surface area contributed by atoms with Crippen molar-refractivity contribution in [3.63, 3.8) is 0 Å². The molecule has 1 saturated carbocycles. The van der Waals surface area contributed by atoms with E-state index >= 15 is 0 Å². The summed E-state index contributed by atoms with van der Waals surface area (Å²) in [5.74, 6) is -0.584. The van der Waals surface area contributed by atoms with Crippen LogP contribution in [0, 0.1) is 0 Å². The molecule has 2 aromatic rings. The summed E-state index contributed by atoms with van der Waals surface area (Å²) in [6.45, 7) is 9.63. The summed E-state index contributed by atoms with van der Waals surface area (Å²) in [5, 5.41) is 2.85. The smallest absolute Gasteiger partial charge is 0.408 e.